The number of anilines is 2. The minimum absolute atomic E-state index is 0.0316. The summed E-state index contributed by atoms with van der Waals surface area (Å²) in [6, 6.07) is 8.98. The zero-order valence-corrected chi connectivity index (χ0v) is 16.8. The summed E-state index contributed by atoms with van der Waals surface area (Å²) in [6.07, 6.45) is 2.11. The van der Waals surface area contributed by atoms with Crippen molar-refractivity contribution in [2.24, 2.45) is 0 Å². The first-order chi connectivity index (χ1) is 15.5. The Morgan fingerprint density at radius 3 is 2.59 bits per heavy atom. The fourth-order valence-corrected chi connectivity index (χ4v) is 3.80. The molecule has 5 rings (SSSR count). The largest absolute Gasteiger partial charge is 0.417 e. The molecule has 0 fully saturated rings. The Morgan fingerprint density at radius 2 is 1.78 bits per heavy atom. The van der Waals surface area contributed by atoms with Gasteiger partial charge in [0.25, 0.3) is 0 Å². The molecule has 0 radical (unpaired) electrons. The molecule has 1 aromatic carbocycles. The number of benzene rings is 1. The highest BCUT2D eigenvalue weighted by atomic mass is 19.4. The van der Waals surface area contributed by atoms with Crippen LogP contribution in [-0.2, 0) is 19.0 Å². The van der Waals surface area contributed by atoms with E-state index < -0.39 is 11.7 Å². The highest BCUT2D eigenvalue weighted by Crippen LogP contribution is 2.37. The molecule has 10 heteroatoms. The summed E-state index contributed by atoms with van der Waals surface area (Å²) >= 11 is 0. The first kappa shape index (κ1) is 20.1. The minimum Gasteiger partial charge on any atom is -0.307 e. The van der Waals surface area contributed by atoms with E-state index in [4.69, 9.17) is 0 Å². The Hall–Kier alpha value is -3.82. The van der Waals surface area contributed by atoms with Gasteiger partial charge in [0, 0.05) is 34.8 Å². The predicted octanol–water partition coefficient (Wildman–Crippen LogP) is 4.96. The molecule has 1 aliphatic rings. The summed E-state index contributed by atoms with van der Waals surface area (Å²) in [6.45, 7) is 0. The summed E-state index contributed by atoms with van der Waals surface area (Å²) < 4.78 is 40.8. The van der Waals surface area contributed by atoms with Crippen molar-refractivity contribution in [2.75, 3.05) is 5.32 Å². The van der Waals surface area contributed by atoms with Crippen molar-refractivity contribution in [1.29, 1.82) is 0 Å². The lowest BCUT2D eigenvalue weighted by atomic mass is 9.96. The van der Waals surface area contributed by atoms with Crippen LogP contribution in [0.1, 0.15) is 29.7 Å². The summed E-state index contributed by atoms with van der Waals surface area (Å²) in [5, 5.41) is 10.1. The number of aromatic nitrogens is 6. The molecule has 0 saturated carbocycles. The number of rotatable bonds is 4. The second kappa shape index (κ2) is 8.03. The Labute approximate surface area is 181 Å². The Kier molecular flexibility index (Phi) is 5.04. The second-order valence-corrected chi connectivity index (χ2v) is 7.45. The summed E-state index contributed by atoms with van der Waals surface area (Å²) in [7, 11) is 0. The van der Waals surface area contributed by atoms with Crippen LogP contribution < -0.4 is 5.32 Å². The average molecular weight is 437 g/mol. The van der Waals surface area contributed by atoms with Crippen molar-refractivity contribution < 1.29 is 13.2 Å². The van der Waals surface area contributed by atoms with Crippen LogP contribution in [0.4, 0.5) is 24.9 Å². The van der Waals surface area contributed by atoms with Gasteiger partial charge in [-0.15, -0.1) is 5.10 Å². The number of aromatic amines is 1. The van der Waals surface area contributed by atoms with Crippen LogP contribution in [0, 0.1) is 0 Å². The highest BCUT2D eigenvalue weighted by Gasteiger charge is 2.34. The zero-order chi connectivity index (χ0) is 22.1. The van der Waals surface area contributed by atoms with Gasteiger partial charge in [-0.2, -0.15) is 18.2 Å². The third-order valence-corrected chi connectivity index (χ3v) is 5.31. The van der Waals surface area contributed by atoms with Gasteiger partial charge >= 0.3 is 6.18 Å². The van der Waals surface area contributed by atoms with Crippen LogP contribution in [0.3, 0.4) is 0 Å². The van der Waals surface area contributed by atoms with Crippen molar-refractivity contribution in [3.8, 4) is 22.8 Å². The molecule has 3 heterocycles. The number of nitrogens with zero attached hydrogens (tertiary/aromatic N) is 5. The van der Waals surface area contributed by atoms with E-state index in [2.05, 4.69) is 35.5 Å². The van der Waals surface area contributed by atoms with E-state index in [0.29, 0.717) is 18.1 Å². The quantitative estimate of drug-likeness (QED) is 0.469. The molecule has 162 valence electrons. The summed E-state index contributed by atoms with van der Waals surface area (Å²) in [5.41, 5.74) is 1.58. The van der Waals surface area contributed by atoms with Gasteiger partial charge in [-0.05, 0) is 43.9 Å². The molecule has 0 bridgehead atoms. The third-order valence-electron chi connectivity index (χ3n) is 5.31. The number of nitrogens with one attached hydrogen (secondary N) is 2. The number of aryl methyl sites for hydroxylation is 1. The molecule has 0 aliphatic heterocycles. The molecule has 0 unspecified atom stereocenters. The van der Waals surface area contributed by atoms with Gasteiger partial charge in [-0.3, -0.25) is 10.1 Å². The van der Waals surface area contributed by atoms with Gasteiger partial charge in [-0.25, -0.2) is 9.97 Å². The maximum atomic E-state index is 13.6. The maximum absolute atomic E-state index is 13.6. The van der Waals surface area contributed by atoms with E-state index in [1.807, 2.05) is 6.07 Å². The van der Waals surface area contributed by atoms with Gasteiger partial charge in [0.05, 0.1) is 5.56 Å². The lowest BCUT2D eigenvalue weighted by Crippen LogP contribution is -2.14. The van der Waals surface area contributed by atoms with Crippen molar-refractivity contribution >= 4 is 11.8 Å². The molecule has 0 spiro atoms. The first-order valence-electron chi connectivity index (χ1n) is 10.2. The van der Waals surface area contributed by atoms with Crippen LogP contribution in [0.5, 0.6) is 0 Å². The molecule has 32 heavy (non-hydrogen) atoms. The number of pyridine rings is 1. The van der Waals surface area contributed by atoms with Gasteiger partial charge < -0.3 is 5.32 Å². The van der Waals surface area contributed by atoms with Crippen LogP contribution in [0.2, 0.25) is 0 Å². The standard InChI is InChI=1S/C22H18F3N7/c23-22(24,25)16-9-3-1-7-14(16)19-27-17-10-4-2-8-15(17)20(28-19)30-21-29-18(31-32-21)13-6-5-11-26-12-13/h1,3,5-7,9,11-12H,2,4,8,10H2,(H2,27,28,29,30,31,32). The predicted molar refractivity (Wildman–Crippen MR) is 112 cm³/mol. The summed E-state index contributed by atoms with van der Waals surface area (Å²) in [5.74, 6) is 1.25. The van der Waals surface area contributed by atoms with Crippen LogP contribution in [-0.4, -0.2) is 30.1 Å². The number of hydrogen-bond acceptors (Lipinski definition) is 6. The lowest BCUT2D eigenvalue weighted by Gasteiger charge is -2.20. The van der Waals surface area contributed by atoms with Crippen LogP contribution >= 0.6 is 0 Å². The number of fused-ring (bicyclic) bond motifs is 1. The number of alkyl halides is 3. The lowest BCUT2D eigenvalue weighted by molar-refractivity contribution is -0.137. The molecule has 0 saturated heterocycles. The molecule has 0 atom stereocenters. The number of H-pyrrole nitrogens is 1. The maximum Gasteiger partial charge on any atom is 0.417 e. The van der Waals surface area contributed by atoms with Crippen LogP contribution in [0.25, 0.3) is 22.8 Å². The molecule has 7 nitrogen and oxygen atoms in total. The molecule has 3 aromatic heterocycles. The van der Waals surface area contributed by atoms with Crippen molar-refractivity contribution in [2.45, 2.75) is 31.9 Å². The molecular weight excluding hydrogens is 419 g/mol. The topological polar surface area (TPSA) is 92.3 Å². The van der Waals surface area contributed by atoms with E-state index >= 15 is 0 Å². The van der Waals surface area contributed by atoms with Crippen molar-refractivity contribution in [3.63, 3.8) is 0 Å². The fraction of sp³-hybridized carbons (Fsp3) is 0.227. The number of hydrogen-bond donors (Lipinski definition) is 2. The molecular formula is C22H18F3N7. The Morgan fingerprint density at radius 1 is 0.938 bits per heavy atom. The minimum atomic E-state index is -4.51. The second-order valence-electron chi connectivity index (χ2n) is 7.45. The molecule has 4 aromatic rings. The fourth-order valence-electron chi connectivity index (χ4n) is 3.80. The molecule has 0 amide bonds. The zero-order valence-electron chi connectivity index (χ0n) is 16.8. The summed E-state index contributed by atoms with van der Waals surface area (Å²) in [4.78, 5) is 17.5. The van der Waals surface area contributed by atoms with Gasteiger partial charge in [0.15, 0.2) is 11.6 Å². The van der Waals surface area contributed by atoms with Gasteiger partial charge in [0.2, 0.25) is 5.95 Å². The van der Waals surface area contributed by atoms with E-state index in [1.54, 1.807) is 24.5 Å². The smallest absolute Gasteiger partial charge is 0.307 e. The van der Waals surface area contributed by atoms with E-state index in [0.717, 1.165) is 42.1 Å². The third kappa shape index (κ3) is 3.91. The normalized spacial score (nSPS) is 13.6. The Bertz CT molecular complexity index is 1250. The average Bonchev–Trinajstić information content (AvgIpc) is 3.27. The van der Waals surface area contributed by atoms with Crippen molar-refractivity contribution in [3.05, 3.63) is 65.6 Å². The first-order valence-corrected chi connectivity index (χ1v) is 10.2. The highest BCUT2D eigenvalue weighted by molar-refractivity contribution is 5.66. The SMILES string of the molecule is FC(F)(F)c1ccccc1-c1nc2c(c(Nc3n[nH]c(-c4cccnc4)n3)n1)CCCC2. The molecule has 2 N–H and O–H groups in total. The number of halogens is 3. The van der Waals surface area contributed by atoms with E-state index in [-0.39, 0.29) is 17.3 Å². The van der Waals surface area contributed by atoms with E-state index in [9.17, 15) is 13.2 Å². The Balaban J connectivity index is 1.56. The van der Waals surface area contributed by atoms with Crippen molar-refractivity contribution in [1.82, 2.24) is 30.1 Å². The van der Waals surface area contributed by atoms with Gasteiger partial charge in [-0.1, -0.05) is 18.2 Å². The monoisotopic (exact) mass is 437 g/mol. The van der Waals surface area contributed by atoms with Gasteiger partial charge in [0.1, 0.15) is 5.82 Å². The van der Waals surface area contributed by atoms with Crippen LogP contribution in [0.15, 0.2) is 48.8 Å². The molecule has 1 aliphatic carbocycles. The van der Waals surface area contributed by atoms with E-state index in [1.165, 1.54) is 12.1 Å².